The van der Waals surface area contributed by atoms with Gasteiger partial charge in [0, 0.05) is 11.8 Å². The van der Waals surface area contributed by atoms with Gasteiger partial charge in [0.15, 0.2) is 16.7 Å². The molecule has 0 amide bonds. The third-order valence-electron chi connectivity index (χ3n) is 5.39. The number of hydrogen-bond donors (Lipinski definition) is 0. The highest BCUT2D eigenvalue weighted by Gasteiger charge is 2.38. The van der Waals surface area contributed by atoms with E-state index < -0.39 is 12.0 Å². The molecule has 0 N–H and O–H groups in total. The number of carbonyl (C=O) groups excluding carboxylic acids is 1. The van der Waals surface area contributed by atoms with E-state index in [-0.39, 0.29) is 13.2 Å². The fraction of sp³-hybridized carbons (Fsp3) is 0.240. The molecule has 2 heterocycles. The summed E-state index contributed by atoms with van der Waals surface area (Å²) in [4.78, 5) is 19.4. The van der Waals surface area contributed by atoms with E-state index >= 15 is 0 Å². The largest absolute Gasteiger partial charge is 0.493 e. The van der Waals surface area contributed by atoms with Gasteiger partial charge in [-0.1, -0.05) is 41.6 Å². The van der Waals surface area contributed by atoms with Crippen LogP contribution in [0.4, 0.5) is 0 Å². The SMILES string of the molecule is CCOC(=O)C1=C(C)N=C2SC=CN2C1c1cc(Cl)c(OCc2ccccc2C#N)c(OC)c1. The first-order chi connectivity index (χ1) is 16.5. The van der Waals surface area contributed by atoms with Crippen molar-refractivity contribution in [1.82, 2.24) is 4.90 Å². The van der Waals surface area contributed by atoms with E-state index in [0.717, 1.165) is 16.3 Å². The summed E-state index contributed by atoms with van der Waals surface area (Å²) in [5.41, 5.74) is 3.03. The molecule has 0 aliphatic carbocycles. The third kappa shape index (κ3) is 4.49. The second kappa shape index (κ2) is 10.2. The van der Waals surface area contributed by atoms with E-state index in [9.17, 15) is 10.1 Å². The number of carbonyl (C=O) groups is 1. The zero-order valence-corrected chi connectivity index (χ0v) is 20.4. The minimum Gasteiger partial charge on any atom is -0.493 e. The normalized spacial score (nSPS) is 16.6. The molecule has 7 nitrogen and oxygen atoms in total. The van der Waals surface area contributed by atoms with Crippen LogP contribution in [0.2, 0.25) is 5.02 Å². The van der Waals surface area contributed by atoms with Gasteiger partial charge in [0.05, 0.1) is 47.7 Å². The van der Waals surface area contributed by atoms with Gasteiger partial charge in [-0.2, -0.15) is 5.26 Å². The van der Waals surface area contributed by atoms with Gasteiger partial charge in [0.1, 0.15) is 6.61 Å². The summed E-state index contributed by atoms with van der Waals surface area (Å²) in [7, 11) is 1.53. The average Bonchev–Trinajstić information content (AvgIpc) is 3.30. The highest BCUT2D eigenvalue weighted by atomic mass is 35.5. The minimum atomic E-state index is -0.488. The van der Waals surface area contributed by atoms with Crippen molar-refractivity contribution in [3.8, 4) is 17.6 Å². The van der Waals surface area contributed by atoms with Crippen molar-refractivity contribution < 1.29 is 19.0 Å². The number of halogens is 1. The molecule has 0 radical (unpaired) electrons. The molecule has 0 saturated carbocycles. The Bertz CT molecular complexity index is 1270. The molecule has 2 aromatic rings. The van der Waals surface area contributed by atoms with Crippen LogP contribution >= 0.6 is 23.4 Å². The van der Waals surface area contributed by atoms with Gasteiger partial charge in [-0.3, -0.25) is 0 Å². The second-order valence-corrected chi connectivity index (χ2v) is 8.70. The van der Waals surface area contributed by atoms with Crippen LogP contribution in [0.15, 0.2) is 64.3 Å². The van der Waals surface area contributed by atoms with E-state index in [1.54, 1.807) is 38.1 Å². The standard InChI is InChI=1S/C25H22ClN3O4S/c1-4-32-24(30)21-15(2)28-25-29(9-10-34-25)22(21)18-11-19(26)23(20(12-18)31-3)33-14-17-8-6-5-7-16(17)13-27/h5-12,22H,4,14H2,1-3H3. The Morgan fingerprint density at radius 1 is 1.32 bits per heavy atom. The fourth-order valence-corrected chi connectivity index (χ4v) is 4.91. The number of aliphatic imine (C=N–C) groups is 1. The number of rotatable bonds is 7. The van der Waals surface area contributed by atoms with Crippen LogP contribution in [0, 0.1) is 11.3 Å². The summed E-state index contributed by atoms with van der Waals surface area (Å²) in [6, 6.07) is 12.4. The third-order valence-corrected chi connectivity index (χ3v) is 6.44. The van der Waals surface area contributed by atoms with Crippen molar-refractivity contribution in [3.63, 3.8) is 0 Å². The smallest absolute Gasteiger partial charge is 0.338 e. The minimum absolute atomic E-state index is 0.151. The van der Waals surface area contributed by atoms with Crippen LogP contribution in [-0.4, -0.2) is 29.8 Å². The molecule has 4 rings (SSSR count). The van der Waals surface area contributed by atoms with Crippen LogP contribution < -0.4 is 9.47 Å². The molecule has 2 aromatic carbocycles. The number of amidine groups is 1. The first-order valence-electron chi connectivity index (χ1n) is 10.5. The van der Waals surface area contributed by atoms with Crippen LogP contribution in [-0.2, 0) is 16.1 Å². The maximum Gasteiger partial charge on any atom is 0.338 e. The molecule has 9 heteroatoms. The molecule has 34 heavy (non-hydrogen) atoms. The molecule has 0 saturated heterocycles. The summed E-state index contributed by atoms with van der Waals surface area (Å²) >= 11 is 8.14. The van der Waals surface area contributed by atoms with E-state index in [0.29, 0.717) is 33.4 Å². The number of nitrogens with zero attached hydrogens (tertiary/aromatic N) is 3. The zero-order chi connectivity index (χ0) is 24.2. The first-order valence-corrected chi connectivity index (χ1v) is 11.8. The Morgan fingerprint density at radius 2 is 2.12 bits per heavy atom. The number of benzene rings is 2. The lowest BCUT2D eigenvalue weighted by atomic mass is 9.94. The number of fused-ring (bicyclic) bond motifs is 1. The highest BCUT2D eigenvalue weighted by molar-refractivity contribution is 8.16. The van der Waals surface area contributed by atoms with Crippen LogP contribution in [0.3, 0.4) is 0 Å². The fourth-order valence-electron chi connectivity index (χ4n) is 3.84. The Balaban J connectivity index is 1.72. The molecule has 0 aromatic heterocycles. The maximum absolute atomic E-state index is 12.9. The van der Waals surface area contributed by atoms with Gasteiger partial charge in [0.25, 0.3) is 0 Å². The number of esters is 1. The maximum atomic E-state index is 12.9. The zero-order valence-electron chi connectivity index (χ0n) is 18.9. The Hall–Kier alpha value is -3.41. The lowest BCUT2D eigenvalue weighted by Gasteiger charge is -2.33. The van der Waals surface area contributed by atoms with Crippen LogP contribution in [0.25, 0.3) is 0 Å². The van der Waals surface area contributed by atoms with Crippen molar-refractivity contribution in [1.29, 1.82) is 5.26 Å². The van der Waals surface area contributed by atoms with Gasteiger partial charge >= 0.3 is 5.97 Å². The van der Waals surface area contributed by atoms with E-state index in [1.807, 2.05) is 28.6 Å². The van der Waals surface area contributed by atoms with Crippen LogP contribution in [0.1, 0.15) is 36.6 Å². The monoisotopic (exact) mass is 495 g/mol. The molecule has 1 unspecified atom stereocenters. The molecule has 0 spiro atoms. The molecule has 2 aliphatic heterocycles. The van der Waals surface area contributed by atoms with Crippen molar-refractivity contribution >= 4 is 34.5 Å². The summed E-state index contributed by atoms with van der Waals surface area (Å²) in [6.45, 7) is 3.97. The van der Waals surface area contributed by atoms with Gasteiger partial charge < -0.3 is 19.1 Å². The molecule has 1 atom stereocenters. The number of ether oxygens (including phenoxy) is 3. The highest BCUT2D eigenvalue weighted by Crippen LogP contribution is 2.45. The molecule has 2 aliphatic rings. The van der Waals surface area contributed by atoms with Crippen molar-refractivity contribution in [2.45, 2.75) is 26.5 Å². The molecule has 0 fully saturated rings. The number of thioether (sulfide) groups is 1. The predicted molar refractivity (Wildman–Crippen MR) is 132 cm³/mol. The van der Waals surface area contributed by atoms with Gasteiger partial charge in [-0.05, 0) is 43.0 Å². The number of allylic oxidation sites excluding steroid dienone is 1. The molecule has 0 bridgehead atoms. The van der Waals surface area contributed by atoms with Crippen molar-refractivity contribution in [3.05, 3.63) is 81.0 Å². The average molecular weight is 496 g/mol. The number of methoxy groups -OCH3 is 1. The summed E-state index contributed by atoms with van der Waals surface area (Å²) in [5.74, 6) is 0.342. The summed E-state index contributed by atoms with van der Waals surface area (Å²) < 4.78 is 16.9. The Morgan fingerprint density at radius 3 is 2.85 bits per heavy atom. The Kier molecular flexibility index (Phi) is 7.15. The Labute approximate surface area is 207 Å². The van der Waals surface area contributed by atoms with Crippen LogP contribution in [0.5, 0.6) is 11.5 Å². The van der Waals surface area contributed by atoms with Crippen molar-refractivity contribution in [2.24, 2.45) is 4.99 Å². The van der Waals surface area contributed by atoms with Gasteiger partial charge in [-0.25, -0.2) is 9.79 Å². The second-order valence-electron chi connectivity index (χ2n) is 7.42. The predicted octanol–water partition coefficient (Wildman–Crippen LogP) is 5.57. The molecule has 174 valence electrons. The van der Waals surface area contributed by atoms with Gasteiger partial charge in [-0.15, -0.1) is 0 Å². The van der Waals surface area contributed by atoms with E-state index in [2.05, 4.69) is 11.1 Å². The number of hydrogen-bond acceptors (Lipinski definition) is 8. The van der Waals surface area contributed by atoms with E-state index in [1.165, 1.54) is 18.9 Å². The lowest BCUT2D eigenvalue weighted by Crippen LogP contribution is -2.34. The van der Waals surface area contributed by atoms with Crippen molar-refractivity contribution in [2.75, 3.05) is 13.7 Å². The summed E-state index contributed by atoms with van der Waals surface area (Å²) in [6.07, 6.45) is 1.88. The summed E-state index contributed by atoms with van der Waals surface area (Å²) in [5, 5.41) is 12.3. The van der Waals surface area contributed by atoms with E-state index in [4.69, 9.17) is 25.8 Å². The molecular formula is C25H22ClN3O4S. The lowest BCUT2D eigenvalue weighted by molar-refractivity contribution is -0.139. The number of nitriles is 1. The molecular weight excluding hydrogens is 474 g/mol. The quantitative estimate of drug-likeness (QED) is 0.464. The topological polar surface area (TPSA) is 84.1 Å². The van der Waals surface area contributed by atoms with Gasteiger partial charge in [0.2, 0.25) is 0 Å². The first kappa shape index (κ1) is 23.7.